The zero-order valence-corrected chi connectivity index (χ0v) is 9.65. The molecule has 0 spiro atoms. The molecule has 5 nitrogen and oxygen atoms in total. The SMILES string of the molecule is CCOC(=O)C1CC(C)=C(C)C=C1[N+](=O)[O-]. The van der Waals surface area contributed by atoms with Crippen LogP contribution in [0.25, 0.3) is 0 Å². The molecule has 1 aliphatic carbocycles. The molecule has 0 aromatic rings. The van der Waals surface area contributed by atoms with Crippen LogP contribution < -0.4 is 0 Å². The predicted octanol–water partition coefficient (Wildman–Crippen LogP) is 2.07. The third-order valence-electron chi connectivity index (χ3n) is 2.69. The van der Waals surface area contributed by atoms with E-state index in [2.05, 4.69) is 0 Å². The molecule has 0 saturated heterocycles. The molecule has 0 aromatic heterocycles. The Bertz CT molecular complexity index is 381. The summed E-state index contributed by atoms with van der Waals surface area (Å²) in [7, 11) is 0. The van der Waals surface area contributed by atoms with Crippen LogP contribution in [0.1, 0.15) is 27.2 Å². The van der Waals surface area contributed by atoms with E-state index in [0.29, 0.717) is 6.42 Å². The van der Waals surface area contributed by atoms with Crippen molar-refractivity contribution in [1.82, 2.24) is 0 Å². The van der Waals surface area contributed by atoms with E-state index in [4.69, 9.17) is 4.74 Å². The molecule has 0 N–H and O–H groups in total. The normalized spacial score (nSPS) is 20.4. The van der Waals surface area contributed by atoms with Gasteiger partial charge >= 0.3 is 5.97 Å². The number of carbonyl (C=O) groups is 1. The van der Waals surface area contributed by atoms with Crippen LogP contribution in [0.4, 0.5) is 0 Å². The van der Waals surface area contributed by atoms with E-state index in [9.17, 15) is 14.9 Å². The molecule has 1 rings (SSSR count). The molecule has 16 heavy (non-hydrogen) atoms. The molecule has 1 atom stereocenters. The fourth-order valence-corrected chi connectivity index (χ4v) is 1.64. The molecule has 0 aliphatic heterocycles. The number of carbonyl (C=O) groups excluding carboxylic acids is 1. The first-order valence-electron chi connectivity index (χ1n) is 5.16. The average Bonchev–Trinajstić information content (AvgIpc) is 2.21. The molecular weight excluding hydrogens is 210 g/mol. The first-order valence-corrected chi connectivity index (χ1v) is 5.16. The highest BCUT2D eigenvalue weighted by atomic mass is 16.6. The summed E-state index contributed by atoms with van der Waals surface area (Å²) in [6, 6.07) is 0. The van der Waals surface area contributed by atoms with Crippen molar-refractivity contribution in [2.75, 3.05) is 6.61 Å². The van der Waals surface area contributed by atoms with Gasteiger partial charge in [0, 0.05) is 6.08 Å². The van der Waals surface area contributed by atoms with Crippen LogP contribution in [0.5, 0.6) is 0 Å². The summed E-state index contributed by atoms with van der Waals surface area (Å²) < 4.78 is 4.84. The molecule has 5 heteroatoms. The van der Waals surface area contributed by atoms with Gasteiger partial charge in [-0.2, -0.15) is 0 Å². The summed E-state index contributed by atoms with van der Waals surface area (Å²) in [5, 5.41) is 10.8. The summed E-state index contributed by atoms with van der Waals surface area (Å²) >= 11 is 0. The Balaban J connectivity index is 3.00. The lowest BCUT2D eigenvalue weighted by Gasteiger charge is -2.18. The average molecular weight is 225 g/mol. The highest BCUT2D eigenvalue weighted by Gasteiger charge is 2.35. The fourth-order valence-electron chi connectivity index (χ4n) is 1.64. The lowest BCUT2D eigenvalue weighted by atomic mass is 9.88. The van der Waals surface area contributed by atoms with Gasteiger partial charge in [0.15, 0.2) is 5.92 Å². The molecule has 0 heterocycles. The van der Waals surface area contributed by atoms with Gasteiger partial charge in [-0.25, -0.2) is 0 Å². The van der Waals surface area contributed by atoms with E-state index in [0.717, 1.165) is 11.1 Å². The molecule has 0 radical (unpaired) electrons. The van der Waals surface area contributed by atoms with Crippen molar-refractivity contribution in [2.24, 2.45) is 5.92 Å². The Labute approximate surface area is 93.9 Å². The van der Waals surface area contributed by atoms with E-state index in [1.54, 1.807) is 13.8 Å². The second-order valence-corrected chi connectivity index (χ2v) is 3.80. The molecule has 1 aliphatic rings. The number of rotatable bonds is 3. The van der Waals surface area contributed by atoms with E-state index in [1.165, 1.54) is 6.08 Å². The van der Waals surface area contributed by atoms with Crippen LogP contribution in [-0.2, 0) is 9.53 Å². The third kappa shape index (κ3) is 2.48. The fraction of sp³-hybridized carbons (Fsp3) is 0.545. The summed E-state index contributed by atoms with van der Waals surface area (Å²) in [6.45, 7) is 5.60. The van der Waals surface area contributed by atoms with Gasteiger partial charge in [-0.15, -0.1) is 0 Å². The van der Waals surface area contributed by atoms with Gasteiger partial charge in [-0.1, -0.05) is 5.57 Å². The first kappa shape index (κ1) is 12.4. The minimum Gasteiger partial charge on any atom is -0.465 e. The molecule has 0 bridgehead atoms. The second-order valence-electron chi connectivity index (χ2n) is 3.80. The molecule has 0 aromatic carbocycles. The third-order valence-corrected chi connectivity index (χ3v) is 2.69. The number of nitrogens with zero attached hydrogens (tertiary/aromatic N) is 1. The molecule has 88 valence electrons. The van der Waals surface area contributed by atoms with Crippen LogP contribution in [0.2, 0.25) is 0 Å². The van der Waals surface area contributed by atoms with E-state index in [-0.39, 0.29) is 12.3 Å². The van der Waals surface area contributed by atoms with Crippen molar-refractivity contribution in [2.45, 2.75) is 27.2 Å². The predicted molar refractivity (Wildman–Crippen MR) is 58.2 cm³/mol. The van der Waals surface area contributed by atoms with Crippen molar-refractivity contribution in [3.63, 3.8) is 0 Å². The minimum atomic E-state index is -0.765. The smallest absolute Gasteiger partial charge is 0.320 e. The van der Waals surface area contributed by atoms with E-state index in [1.807, 2.05) is 6.92 Å². The van der Waals surface area contributed by atoms with Gasteiger partial charge in [-0.05, 0) is 32.8 Å². The van der Waals surface area contributed by atoms with Gasteiger partial charge in [-0.3, -0.25) is 14.9 Å². The topological polar surface area (TPSA) is 69.4 Å². The number of ether oxygens (including phenoxy) is 1. The number of allylic oxidation sites excluding steroid dienone is 3. The Hall–Kier alpha value is -1.65. The second kappa shape index (κ2) is 4.92. The monoisotopic (exact) mass is 225 g/mol. The standard InChI is InChI=1S/C11H15NO4/c1-4-16-11(13)9-5-7(2)8(3)6-10(9)12(14)15/h6,9H,4-5H2,1-3H3. The number of nitro groups is 1. The first-order chi connectivity index (χ1) is 7.47. The van der Waals surface area contributed by atoms with Crippen molar-refractivity contribution in [1.29, 1.82) is 0 Å². The summed E-state index contributed by atoms with van der Waals surface area (Å²) in [4.78, 5) is 21.9. The highest BCUT2D eigenvalue weighted by molar-refractivity contribution is 5.76. The lowest BCUT2D eigenvalue weighted by molar-refractivity contribution is -0.432. The van der Waals surface area contributed by atoms with Crippen LogP contribution in [-0.4, -0.2) is 17.5 Å². The van der Waals surface area contributed by atoms with Crippen molar-refractivity contribution >= 4 is 5.97 Å². The number of esters is 1. The van der Waals surface area contributed by atoms with E-state index < -0.39 is 16.8 Å². The quantitative estimate of drug-likeness (QED) is 0.419. The van der Waals surface area contributed by atoms with Crippen LogP contribution in [0, 0.1) is 16.0 Å². The molecule has 0 fully saturated rings. The largest absolute Gasteiger partial charge is 0.465 e. The van der Waals surface area contributed by atoms with Crippen molar-refractivity contribution < 1.29 is 14.5 Å². The molecule has 0 amide bonds. The van der Waals surface area contributed by atoms with Gasteiger partial charge in [0.25, 0.3) is 5.70 Å². The van der Waals surface area contributed by atoms with Crippen molar-refractivity contribution in [3.05, 3.63) is 33.0 Å². The molecule has 0 saturated carbocycles. The van der Waals surface area contributed by atoms with Crippen LogP contribution >= 0.6 is 0 Å². The summed E-state index contributed by atoms with van der Waals surface area (Å²) in [6.07, 6.45) is 1.83. The number of hydrogen-bond acceptors (Lipinski definition) is 4. The Morgan fingerprint density at radius 3 is 2.75 bits per heavy atom. The highest BCUT2D eigenvalue weighted by Crippen LogP contribution is 2.30. The Kier molecular flexibility index (Phi) is 3.82. The number of hydrogen-bond donors (Lipinski definition) is 0. The van der Waals surface area contributed by atoms with Gasteiger partial charge < -0.3 is 4.74 Å². The van der Waals surface area contributed by atoms with Gasteiger partial charge in [0.05, 0.1) is 11.5 Å². The van der Waals surface area contributed by atoms with Gasteiger partial charge in [0.2, 0.25) is 0 Å². The van der Waals surface area contributed by atoms with Crippen LogP contribution in [0.15, 0.2) is 22.9 Å². The maximum atomic E-state index is 11.6. The summed E-state index contributed by atoms with van der Waals surface area (Å²) in [5.74, 6) is -1.28. The Morgan fingerprint density at radius 1 is 1.62 bits per heavy atom. The van der Waals surface area contributed by atoms with Gasteiger partial charge in [0.1, 0.15) is 0 Å². The van der Waals surface area contributed by atoms with Crippen molar-refractivity contribution in [3.8, 4) is 0 Å². The maximum Gasteiger partial charge on any atom is 0.320 e. The Morgan fingerprint density at radius 2 is 2.25 bits per heavy atom. The minimum absolute atomic E-state index is 0.0680. The zero-order valence-electron chi connectivity index (χ0n) is 9.65. The summed E-state index contributed by atoms with van der Waals surface area (Å²) in [5.41, 5.74) is 1.78. The van der Waals surface area contributed by atoms with Crippen LogP contribution in [0.3, 0.4) is 0 Å². The zero-order chi connectivity index (χ0) is 12.3. The lowest BCUT2D eigenvalue weighted by Crippen LogP contribution is -2.26. The van der Waals surface area contributed by atoms with E-state index >= 15 is 0 Å². The molecular formula is C11H15NO4. The molecule has 1 unspecified atom stereocenters. The maximum absolute atomic E-state index is 11.6.